The molecule has 0 aromatic carbocycles. The number of hydrogen-bond acceptors (Lipinski definition) is 4. The van der Waals surface area contributed by atoms with Gasteiger partial charge in [0, 0.05) is 12.1 Å². The molecule has 0 aliphatic carbocycles. The molecule has 1 rings (SSSR count). The predicted octanol–water partition coefficient (Wildman–Crippen LogP) is 2.62. The van der Waals surface area contributed by atoms with E-state index in [2.05, 4.69) is 16.5 Å². The molecule has 1 heterocycles. The maximum atomic E-state index is 6.07. The fourth-order valence-corrected chi connectivity index (χ4v) is 1.65. The topological polar surface area (TPSA) is 61.0 Å². The lowest BCUT2D eigenvalue weighted by atomic mass is 10.1. The first kappa shape index (κ1) is 13.6. The third-order valence-corrected chi connectivity index (χ3v) is 2.68. The zero-order valence-corrected chi connectivity index (χ0v) is 10.4. The van der Waals surface area contributed by atoms with E-state index in [1.165, 1.54) is 19.2 Å². The maximum absolute atomic E-state index is 6.07. The SMILES string of the molecule is C=CCCCCCC(N)c1cc(OC)ncn1. The Balaban J connectivity index is 2.35. The van der Waals surface area contributed by atoms with E-state index in [1.807, 2.05) is 6.08 Å². The summed E-state index contributed by atoms with van der Waals surface area (Å²) < 4.78 is 5.04. The molecule has 2 N–H and O–H groups in total. The second-order valence-electron chi connectivity index (χ2n) is 4.02. The zero-order valence-electron chi connectivity index (χ0n) is 10.4. The Morgan fingerprint density at radius 3 is 2.94 bits per heavy atom. The van der Waals surface area contributed by atoms with E-state index in [9.17, 15) is 0 Å². The number of hydrogen-bond donors (Lipinski definition) is 1. The summed E-state index contributed by atoms with van der Waals surface area (Å²) in [6.07, 6.45) is 8.95. The number of rotatable bonds is 8. The predicted molar refractivity (Wildman–Crippen MR) is 68.8 cm³/mol. The normalized spacial score (nSPS) is 12.1. The van der Waals surface area contributed by atoms with Crippen LogP contribution in [0.2, 0.25) is 0 Å². The van der Waals surface area contributed by atoms with Crippen LogP contribution in [0.25, 0.3) is 0 Å². The molecular weight excluding hydrogens is 214 g/mol. The van der Waals surface area contributed by atoms with Gasteiger partial charge in [0.2, 0.25) is 5.88 Å². The van der Waals surface area contributed by atoms with Crippen LogP contribution >= 0.6 is 0 Å². The highest BCUT2D eigenvalue weighted by Gasteiger charge is 2.08. The number of nitrogens with zero attached hydrogens (tertiary/aromatic N) is 2. The number of nitrogens with two attached hydrogens (primary N) is 1. The van der Waals surface area contributed by atoms with Gasteiger partial charge in [0.25, 0.3) is 0 Å². The standard InChI is InChI=1S/C13H21N3O/c1-3-4-5-6-7-8-11(14)12-9-13(17-2)16-10-15-12/h3,9-11H,1,4-8,14H2,2H3. The van der Waals surface area contributed by atoms with Crippen molar-refractivity contribution >= 4 is 0 Å². The van der Waals surface area contributed by atoms with Crippen molar-refractivity contribution in [2.75, 3.05) is 7.11 Å². The molecule has 4 heteroatoms. The molecule has 4 nitrogen and oxygen atoms in total. The van der Waals surface area contributed by atoms with Crippen molar-refractivity contribution in [3.63, 3.8) is 0 Å². The highest BCUT2D eigenvalue weighted by atomic mass is 16.5. The average Bonchev–Trinajstić information content (AvgIpc) is 2.38. The molecule has 0 fully saturated rings. The van der Waals surface area contributed by atoms with Crippen molar-refractivity contribution in [1.82, 2.24) is 9.97 Å². The van der Waals surface area contributed by atoms with Gasteiger partial charge in [0.05, 0.1) is 12.8 Å². The molecule has 0 aliphatic heterocycles. The number of unbranched alkanes of at least 4 members (excludes halogenated alkanes) is 3. The molecule has 1 aromatic heterocycles. The Morgan fingerprint density at radius 1 is 1.41 bits per heavy atom. The zero-order chi connectivity index (χ0) is 12.5. The number of ether oxygens (including phenoxy) is 1. The first-order valence-corrected chi connectivity index (χ1v) is 6.00. The monoisotopic (exact) mass is 235 g/mol. The minimum atomic E-state index is -0.0318. The van der Waals surface area contributed by atoms with Gasteiger partial charge in [0.15, 0.2) is 0 Å². The van der Waals surface area contributed by atoms with Gasteiger partial charge in [-0.2, -0.15) is 0 Å². The number of aromatic nitrogens is 2. The van der Waals surface area contributed by atoms with Crippen molar-refractivity contribution in [2.24, 2.45) is 5.73 Å². The molecule has 1 unspecified atom stereocenters. The van der Waals surface area contributed by atoms with E-state index < -0.39 is 0 Å². The Bertz CT molecular complexity index is 341. The van der Waals surface area contributed by atoms with E-state index in [0.29, 0.717) is 5.88 Å². The summed E-state index contributed by atoms with van der Waals surface area (Å²) in [6.45, 7) is 3.70. The molecule has 0 bridgehead atoms. The minimum absolute atomic E-state index is 0.0318. The van der Waals surface area contributed by atoms with Gasteiger partial charge in [-0.3, -0.25) is 0 Å². The van der Waals surface area contributed by atoms with Crippen LogP contribution in [0.4, 0.5) is 0 Å². The van der Waals surface area contributed by atoms with Crippen molar-refractivity contribution in [2.45, 2.75) is 38.1 Å². The van der Waals surface area contributed by atoms with Gasteiger partial charge in [-0.05, 0) is 19.3 Å². The molecular formula is C13H21N3O. The van der Waals surface area contributed by atoms with Crippen LogP contribution in [0, 0.1) is 0 Å². The second kappa shape index (κ2) is 7.79. The van der Waals surface area contributed by atoms with Crippen LogP contribution in [-0.4, -0.2) is 17.1 Å². The minimum Gasteiger partial charge on any atom is -0.481 e. The summed E-state index contributed by atoms with van der Waals surface area (Å²) >= 11 is 0. The highest BCUT2D eigenvalue weighted by molar-refractivity contribution is 5.15. The van der Waals surface area contributed by atoms with Crippen LogP contribution in [-0.2, 0) is 0 Å². The lowest BCUT2D eigenvalue weighted by Gasteiger charge is -2.11. The van der Waals surface area contributed by atoms with Gasteiger partial charge in [-0.15, -0.1) is 6.58 Å². The molecule has 1 atom stereocenters. The fourth-order valence-electron chi connectivity index (χ4n) is 1.65. The van der Waals surface area contributed by atoms with E-state index in [-0.39, 0.29) is 6.04 Å². The molecule has 0 saturated carbocycles. The molecule has 17 heavy (non-hydrogen) atoms. The van der Waals surface area contributed by atoms with Crippen LogP contribution in [0.15, 0.2) is 25.0 Å². The van der Waals surface area contributed by atoms with E-state index in [1.54, 1.807) is 13.2 Å². The van der Waals surface area contributed by atoms with Crippen LogP contribution in [0.1, 0.15) is 43.8 Å². The van der Waals surface area contributed by atoms with Crippen LogP contribution in [0.5, 0.6) is 5.88 Å². The van der Waals surface area contributed by atoms with Crippen LogP contribution < -0.4 is 10.5 Å². The second-order valence-corrected chi connectivity index (χ2v) is 4.02. The molecule has 94 valence electrons. The number of allylic oxidation sites excluding steroid dienone is 1. The summed E-state index contributed by atoms with van der Waals surface area (Å²) in [7, 11) is 1.59. The van der Waals surface area contributed by atoms with Gasteiger partial charge < -0.3 is 10.5 Å². The summed E-state index contributed by atoms with van der Waals surface area (Å²) in [4.78, 5) is 8.13. The van der Waals surface area contributed by atoms with Gasteiger partial charge in [-0.25, -0.2) is 9.97 Å². The van der Waals surface area contributed by atoms with Crippen molar-refractivity contribution in [3.8, 4) is 5.88 Å². The Hall–Kier alpha value is -1.42. The molecule has 0 aliphatic rings. The molecule has 1 aromatic rings. The third kappa shape index (κ3) is 4.95. The van der Waals surface area contributed by atoms with Crippen molar-refractivity contribution < 1.29 is 4.74 Å². The van der Waals surface area contributed by atoms with Crippen LogP contribution in [0.3, 0.4) is 0 Å². The van der Waals surface area contributed by atoms with E-state index >= 15 is 0 Å². The summed E-state index contributed by atoms with van der Waals surface area (Å²) in [5.41, 5.74) is 6.92. The van der Waals surface area contributed by atoms with Gasteiger partial charge in [-0.1, -0.05) is 18.9 Å². The smallest absolute Gasteiger partial charge is 0.216 e. The molecule has 0 radical (unpaired) electrons. The third-order valence-electron chi connectivity index (χ3n) is 2.68. The van der Waals surface area contributed by atoms with Gasteiger partial charge >= 0.3 is 0 Å². The largest absolute Gasteiger partial charge is 0.481 e. The average molecular weight is 235 g/mol. The highest BCUT2D eigenvalue weighted by Crippen LogP contribution is 2.18. The Labute approximate surface area is 103 Å². The van der Waals surface area contributed by atoms with E-state index in [4.69, 9.17) is 10.5 Å². The molecule has 0 saturated heterocycles. The number of methoxy groups -OCH3 is 1. The molecule has 0 spiro atoms. The first-order valence-electron chi connectivity index (χ1n) is 6.00. The summed E-state index contributed by atoms with van der Waals surface area (Å²) in [6, 6.07) is 1.77. The van der Waals surface area contributed by atoms with Crippen molar-refractivity contribution in [3.05, 3.63) is 30.7 Å². The van der Waals surface area contributed by atoms with Gasteiger partial charge in [0.1, 0.15) is 6.33 Å². The Morgan fingerprint density at radius 2 is 2.24 bits per heavy atom. The van der Waals surface area contributed by atoms with E-state index in [0.717, 1.165) is 25.0 Å². The summed E-state index contributed by atoms with van der Waals surface area (Å²) in [5.74, 6) is 0.567. The molecule has 0 amide bonds. The lowest BCUT2D eigenvalue weighted by Crippen LogP contribution is -2.12. The fraction of sp³-hybridized carbons (Fsp3) is 0.538. The van der Waals surface area contributed by atoms with Crippen molar-refractivity contribution in [1.29, 1.82) is 0 Å². The maximum Gasteiger partial charge on any atom is 0.216 e. The lowest BCUT2D eigenvalue weighted by molar-refractivity contribution is 0.394. The quantitative estimate of drug-likeness (QED) is 0.556. The summed E-state index contributed by atoms with van der Waals surface area (Å²) in [5, 5.41) is 0. The first-order chi connectivity index (χ1) is 8.27. The Kier molecular flexibility index (Phi) is 6.25.